The summed E-state index contributed by atoms with van der Waals surface area (Å²) in [5, 5.41) is 0. The molecule has 0 radical (unpaired) electrons. The van der Waals surface area contributed by atoms with Gasteiger partial charge in [-0.2, -0.15) is 0 Å². The predicted molar refractivity (Wildman–Crippen MR) is 57.4 cm³/mol. The van der Waals surface area contributed by atoms with E-state index in [2.05, 4.69) is 27.7 Å². The molecule has 74 valence electrons. The van der Waals surface area contributed by atoms with Crippen LogP contribution >= 0.6 is 0 Å². The van der Waals surface area contributed by atoms with E-state index in [1.165, 1.54) is 38.5 Å². The van der Waals surface area contributed by atoms with Gasteiger partial charge in [-0.3, -0.25) is 0 Å². The monoisotopic (exact) mass is 170 g/mol. The molecule has 0 saturated heterocycles. The van der Waals surface area contributed by atoms with E-state index in [4.69, 9.17) is 0 Å². The summed E-state index contributed by atoms with van der Waals surface area (Å²) in [6.07, 6.45) is 8.41. The molecule has 0 aliphatic heterocycles. The van der Waals surface area contributed by atoms with Crippen LogP contribution in [0.5, 0.6) is 0 Å². The van der Waals surface area contributed by atoms with Crippen LogP contribution < -0.4 is 0 Å². The van der Waals surface area contributed by atoms with E-state index in [1.807, 2.05) is 0 Å². The Kier molecular flexibility index (Phi) is 7.64. The molecule has 0 nitrogen and oxygen atoms in total. The third-order valence-electron chi connectivity index (χ3n) is 2.64. The van der Waals surface area contributed by atoms with Gasteiger partial charge < -0.3 is 0 Å². The van der Waals surface area contributed by atoms with Gasteiger partial charge in [0, 0.05) is 0 Å². The van der Waals surface area contributed by atoms with Crippen molar-refractivity contribution in [1.29, 1.82) is 0 Å². The van der Waals surface area contributed by atoms with Gasteiger partial charge in [0.2, 0.25) is 0 Å². The standard InChI is InChI=1S/C12H26/c1-5-7-9-12(4)10-11(3)8-6-2/h11-12H,5-10H2,1-4H3/t11-,12+/m0/s1. The lowest BCUT2D eigenvalue weighted by atomic mass is 9.91. The molecule has 0 spiro atoms. The van der Waals surface area contributed by atoms with E-state index in [-0.39, 0.29) is 0 Å². The highest BCUT2D eigenvalue weighted by atomic mass is 14.1. The van der Waals surface area contributed by atoms with Gasteiger partial charge in [0.15, 0.2) is 0 Å². The Balaban J connectivity index is 3.33. The third-order valence-corrected chi connectivity index (χ3v) is 2.64. The molecule has 0 aliphatic carbocycles. The normalized spacial score (nSPS) is 16.0. The summed E-state index contributed by atoms with van der Waals surface area (Å²) in [5.41, 5.74) is 0. The minimum Gasteiger partial charge on any atom is -0.0654 e. The van der Waals surface area contributed by atoms with Crippen molar-refractivity contribution in [2.75, 3.05) is 0 Å². The van der Waals surface area contributed by atoms with Crippen LogP contribution in [0.3, 0.4) is 0 Å². The zero-order chi connectivity index (χ0) is 9.40. The van der Waals surface area contributed by atoms with Crippen LogP contribution in [-0.4, -0.2) is 0 Å². The number of hydrogen-bond donors (Lipinski definition) is 0. The summed E-state index contributed by atoms with van der Waals surface area (Å²) in [5.74, 6) is 1.90. The van der Waals surface area contributed by atoms with Crippen LogP contribution in [0.2, 0.25) is 0 Å². The van der Waals surface area contributed by atoms with Gasteiger partial charge in [-0.25, -0.2) is 0 Å². The second kappa shape index (κ2) is 7.64. The first kappa shape index (κ1) is 12.0. The number of unbranched alkanes of at least 4 members (excludes halogenated alkanes) is 1. The number of rotatable bonds is 7. The molecule has 2 atom stereocenters. The van der Waals surface area contributed by atoms with Crippen molar-refractivity contribution in [3.8, 4) is 0 Å². The maximum atomic E-state index is 2.40. The molecule has 0 aromatic rings. The van der Waals surface area contributed by atoms with Gasteiger partial charge in [0.25, 0.3) is 0 Å². The average Bonchev–Trinajstić information content (AvgIpc) is 2.01. The summed E-state index contributed by atoms with van der Waals surface area (Å²) in [4.78, 5) is 0. The first-order valence-corrected chi connectivity index (χ1v) is 5.70. The fraction of sp³-hybridized carbons (Fsp3) is 1.00. The molecule has 0 saturated carbocycles. The quantitative estimate of drug-likeness (QED) is 0.522. The lowest BCUT2D eigenvalue weighted by Crippen LogP contribution is -2.02. The second-order valence-electron chi connectivity index (χ2n) is 4.38. The van der Waals surface area contributed by atoms with Crippen molar-refractivity contribution >= 4 is 0 Å². The van der Waals surface area contributed by atoms with Gasteiger partial charge in [-0.05, 0) is 18.3 Å². The lowest BCUT2D eigenvalue weighted by molar-refractivity contribution is 0.368. The Morgan fingerprint density at radius 1 is 0.833 bits per heavy atom. The highest BCUT2D eigenvalue weighted by Crippen LogP contribution is 2.20. The number of hydrogen-bond acceptors (Lipinski definition) is 0. The van der Waals surface area contributed by atoms with Gasteiger partial charge in [0.05, 0.1) is 0 Å². The SMILES string of the molecule is CCCC[C@@H](C)C[C@@H](C)CCC. The molecular weight excluding hydrogens is 144 g/mol. The zero-order valence-corrected chi connectivity index (χ0v) is 9.40. The van der Waals surface area contributed by atoms with E-state index in [0.29, 0.717) is 0 Å². The molecule has 0 bridgehead atoms. The fourth-order valence-corrected chi connectivity index (χ4v) is 1.97. The van der Waals surface area contributed by atoms with Gasteiger partial charge in [-0.1, -0.05) is 59.8 Å². The van der Waals surface area contributed by atoms with Crippen LogP contribution in [0.4, 0.5) is 0 Å². The highest BCUT2D eigenvalue weighted by molar-refractivity contribution is 4.59. The van der Waals surface area contributed by atoms with Crippen LogP contribution in [0.25, 0.3) is 0 Å². The molecule has 0 rings (SSSR count). The summed E-state index contributed by atoms with van der Waals surface area (Å²) in [7, 11) is 0. The molecule has 0 fully saturated rings. The molecule has 0 heterocycles. The van der Waals surface area contributed by atoms with Gasteiger partial charge in [0.1, 0.15) is 0 Å². The van der Waals surface area contributed by atoms with Crippen molar-refractivity contribution in [3.63, 3.8) is 0 Å². The van der Waals surface area contributed by atoms with Crippen molar-refractivity contribution in [2.24, 2.45) is 11.8 Å². The fourth-order valence-electron chi connectivity index (χ4n) is 1.97. The Morgan fingerprint density at radius 3 is 1.92 bits per heavy atom. The van der Waals surface area contributed by atoms with Gasteiger partial charge >= 0.3 is 0 Å². The van der Waals surface area contributed by atoms with Gasteiger partial charge in [-0.15, -0.1) is 0 Å². The molecule has 0 N–H and O–H groups in total. The van der Waals surface area contributed by atoms with Crippen LogP contribution in [0, 0.1) is 11.8 Å². The predicted octanol–water partition coefficient (Wildman–Crippen LogP) is 4.64. The van der Waals surface area contributed by atoms with Crippen LogP contribution in [0.1, 0.15) is 66.2 Å². The van der Waals surface area contributed by atoms with Crippen LogP contribution in [0.15, 0.2) is 0 Å². The van der Waals surface area contributed by atoms with E-state index >= 15 is 0 Å². The third kappa shape index (κ3) is 6.69. The topological polar surface area (TPSA) is 0 Å². The van der Waals surface area contributed by atoms with Crippen molar-refractivity contribution in [2.45, 2.75) is 66.2 Å². The molecule has 0 aromatic heterocycles. The molecular formula is C12H26. The Morgan fingerprint density at radius 2 is 1.42 bits per heavy atom. The highest BCUT2D eigenvalue weighted by Gasteiger charge is 2.06. The molecule has 0 aromatic carbocycles. The smallest absolute Gasteiger partial charge is 0.0440 e. The summed E-state index contributed by atoms with van der Waals surface area (Å²) in [6.45, 7) is 9.36. The Hall–Kier alpha value is 0. The van der Waals surface area contributed by atoms with Crippen molar-refractivity contribution in [3.05, 3.63) is 0 Å². The maximum absolute atomic E-state index is 2.40. The van der Waals surface area contributed by atoms with E-state index < -0.39 is 0 Å². The molecule has 0 unspecified atom stereocenters. The molecule has 0 amide bonds. The van der Waals surface area contributed by atoms with Crippen molar-refractivity contribution in [1.82, 2.24) is 0 Å². The Labute approximate surface area is 78.8 Å². The minimum atomic E-state index is 0.946. The summed E-state index contributed by atoms with van der Waals surface area (Å²) in [6, 6.07) is 0. The van der Waals surface area contributed by atoms with E-state index in [1.54, 1.807) is 0 Å². The molecule has 0 heteroatoms. The first-order chi connectivity index (χ1) is 5.70. The Bertz CT molecular complexity index is 86.0. The molecule has 0 aliphatic rings. The van der Waals surface area contributed by atoms with E-state index in [9.17, 15) is 0 Å². The zero-order valence-electron chi connectivity index (χ0n) is 9.40. The largest absolute Gasteiger partial charge is 0.0654 e. The average molecular weight is 170 g/mol. The maximum Gasteiger partial charge on any atom is -0.0440 e. The molecule has 12 heavy (non-hydrogen) atoms. The second-order valence-corrected chi connectivity index (χ2v) is 4.38. The van der Waals surface area contributed by atoms with Crippen molar-refractivity contribution < 1.29 is 0 Å². The summed E-state index contributed by atoms with van der Waals surface area (Å²) < 4.78 is 0. The lowest BCUT2D eigenvalue weighted by Gasteiger charge is -2.15. The summed E-state index contributed by atoms with van der Waals surface area (Å²) >= 11 is 0. The first-order valence-electron chi connectivity index (χ1n) is 5.70. The van der Waals surface area contributed by atoms with Crippen LogP contribution in [-0.2, 0) is 0 Å². The minimum absolute atomic E-state index is 0.946. The van der Waals surface area contributed by atoms with E-state index in [0.717, 1.165) is 11.8 Å².